The molecular weight excluding hydrogens is 332 g/mol. The van der Waals surface area contributed by atoms with Gasteiger partial charge in [0.2, 0.25) is 5.91 Å². The van der Waals surface area contributed by atoms with Crippen LogP contribution in [0.25, 0.3) is 11.3 Å². The third-order valence-electron chi connectivity index (χ3n) is 3.09. The van der Waals surface area contributed by atoms with E-state index in [1.54, 1.807) is 0 Å². The van der Waals surface area contributed by atoms with Crippen molar-refractivity contribution in [1.82, 2.24) is 4.98 Å². The lowest BCUT2D eigenvalue weighted by atomic mass is 10.1. The van der Waals surface area contributed by atoms with E-state index in [0.29, 0.717) is 15.7 Å². The number of thiazole rings is 1. The fourth-order valence-corrected chi connectivity index (χ4v) is 2.97. The molecule has 0 aliphatic rings. The number of amides is 1. The van der Waals surface area contributed by atoms with Gasteiger partial charge in [-0.2, -0.15) is 0 Å². The summed E-state index contributed by atoms with van der Waals surface area (Å²) in [6.45, 7) is 0. The lowest BCUT2D eigenvalue weighted by molar-refractivity contribution is -0.141. The van der Waals surface area contributed by atoms with Crippen LogP contribution >= 0.6 is 11.3 Å². The van der Waals surface area contributed by atoms with Crippen molar-refractivity contribution in [1.29, 1.82) is 0 Å². The van der Waals surface area contributed by atoms with Crippen LogP contribution < -0.4 is 5.32 Å². The molecule has 2 rings (SSSR count). The van der Waals surface area contributed by atoms with Crippen LogP contribution in [0.3, 0.4) is 0 Å². The number of carboxylic acids is 1. The minimum Gasteiger partial charge on any atom is -0.481 e. The average Bonchev–Trinajstić information content (AvgIpc) is 2.94. The van der Waals surface area contributed by atoms with Crippen molar-refractivity contribution in [2.45, 2.75) is 19.3 Å². The molecule has 0 bridgehead atoms. The smallest absolute Gasteiger partial charge is 0.308 e. The molecule has 0 saturated heterocycles. The third-order valence-corrected chi connectivity index (χ3v) is 4.06. The minimum absolute atomic E-state index is 0.0266. The predicted molar refractivity (Wildman–Crippen MR) is 88.8 cm³/mol. The van der Waals surface area contributed by atoms with Crippen LogP contribution in [0.5, 0.6) is 0 Å². The number of carboxylic acid groups (broad SMARTS) is 1. The van der Waals surface area contributed by atoms with E-state index in [-0.39, 0.29) is 25.2 Å². The summed E-state index contributed by atoms with van der Waals surface area (Å²) in [4.78, 5) is 38.8. The Bertz CT molecular complexity index is 742. The summed E-state index contributed by atoms with van der Waals surface area (Å²) in [6, 6.07) is 9.15. The molecule has 7 nitrogen and oxygen atoms in total. The van der Waals surface area contributed by atoms with Crippen LogP contribution in [-0.4, -0.2) is 35.0 Å². The molecule has 0 radical (unpaired) electrons. The van der Waals surface area contributed by atoms with E-state index in [9.17, 15) is 14.4 Å². The molecule has 2 aromatic rings. The number of ether oxygens (including phenoxy) is 1. The van der Waals surface area contributed by atoms with Crippen molar-refractivity contribution in [2.24, 2.45) is 0 Å². The number of esters is 1. The molecule has 0 saturated carbocycles. The first-order valence-corrected chi connectivity index (χ1v) is 7.95. The topological polar surface area (TPSA) is 106 Å². The monoisotopic (exact) mass is 348 g/mol. The Morgan fingerprint density at radius 1 is 1.21 bits per heavy atom. The number of carbonyl (C=O) groups is 3. The highest BCUT2D eigenvalue weighted by atomic mass is 32.1. The number of aliphatic carboxylic acids is 1. The summed E-state index contributed by atoms with van der Waals surface area (Å²) in [7, 11) is 1.26. The van der Waals surface area contributed by atoms with Crippen LogP contribution in [0.4, 0.5) is 5.13 Å². The van der Waals surface area contributed by atoms with E-state index >= 15 is 0 Å². The van der Waals surface area contributed by atoms with Crippen molar-refractivity contribution < 1.29 is 24.2 Å². The molecule has 24 heavy (non-hydrogen) atoms. The Hall–Kier alpha value is -2.74. The Morgan fingerprint density at radius 3 is 2.54 bits per heavy atom. The summed E-state index contributed by atoms with van der Waals surface area (Å²) in [5, 5.41) is 11.9. The van der Waals surface area contributed by atoms with Crippen LogP contribution in [0.15, 0.2) is 30.3 Å². The molecule has 8 heteroatoms. The second-order valence-electron chi connectivity index (χ2n) is 4.85. The average molecular weight is 348 g/mol. The van der Waals surface area contributed by atoms with Gasteiger partial charge >= 0.3 is 11.9 Å². The van der Waals surface area contributed by atoms with Gasteiger partial charge in [0.05, 0.1) is 25.6 Å². The quantitative estimate of drug-likeness (QED) is 0.744. The molecule has 0 fully saturated rings. The lowest BCUT2D eigenvalue weighted by Gasteiger charge is -2.00. The zero-order chi connectivity index (χ0) is 17.5. The first kappa shape index (κ1) is 17.6. The number of nitrogens with one attached hydrogen (secondary N) is 1. The maximum atomic E-state index is 11.8. The number of carbonyl (C=O) groups excluding carboxylic acids is 2. The maximum absolute atomic E-state index is 11.8. The van der Waals surface area contributed by atoms with Gasteiger partial charge in [-0.1, -0.05) is 30.3 Å². The number of anilines is 1. The van der Waals surface area contributed by atoms with Gasteiger partial charge in [0, 0.05) is 16.9 Å². The highest BCUT2D eigenvalue weighted by Crippen LogP contribution is 2.31. The number of hydrogen-bond acceptors (Lipinski definition) is 6. The van der Waals surface area contributed by atoms with E-state index in [4.69, 9.17) is 5.11 Å². The Balaban J connectivity index is 2.16. The van der Waals surface area contributed by atoms with Gasteiger partial charge in [-0.15, -0.1) is 11.3 Å². The summed E-state index contributed by atoms with van der Waals surface area (Å²) in [5.41, 5.74) is 1.31. The number of nitrogens with zero attached hydrogens (tertiary/aromatic N) is 1. The molecule has 126 valence electrons. The first-order chi connectivity index (χ1) is 11.5. The fourth-order valence-electron chi connectivity index (χ4n) is 1.98. The number of aromatic nitrogens is 1. The fraction of sp³-hybridized carbons (Fsp3) is 0.250. The number of rotatable bonds is 7. The molecule has 1 aromatic carbocycles. The zero-order valence-corrected chi connectivity index (χ0v) is 13.8. The summed E-state index contributed by atoms with van der Waals surface area (Å²) >= 11 is 1.11. The third kappa shape index (κ3) is 4.88. The zero-order valence-electron chi connectivity index (χ0n) is 12.9. The second-order valence-corrected chi connectivity index (χ2v) is 5.94. The largest absolute Gasteiger partial charge is 0.481 e. The maximum Gasteiger partial charge on any atom is 0.308 e. The van der Waals surface area contributed by atoms with Gasteiger partial charge in [0.1, 0.15) is 0 Å². The molecule has 1 aromatic heterocycles. The first-order valence-electron chi connectivity index (χ1n) is 7.13. The number of methoxy groups -OCH3 is 1. The van der Waals surface area contributed by atoms with Gasteiger partial charge in [-0.3, -0.25) is 14.4 Å². The standard InChI is InChI=1S/C16H16N2O5S/c1-23-14(22)8-7-12(19)17-16-18-15(10-5-3-2-4-6-10)11(24-16)9-13(20)21/h2-6H,7-9H2,1H3,(H,20,21)(H,17,18,19). The van der Waals surface area contributed by atoms with E-state index in [1.165, 1.54) is 7.11 Å². The van der Waals surface area contributed by atoms with E-state index in [1.807, 2.05) is 30.3 Å². The Morgan fingerprint density at radius 2 is 1.92 bits per heavy atom. The Kier molecular flexibility index (Phi) is 6.02. The van der Waals surface area contributed by atoms with Crippen LogP contribution in [0.2, 0.25) is 0 Å². The van der Waals surface area contributed by atoms with Crippen LogP contribution in [-0.2, 0) is 25.5 Å². The van der Waals surface area contributed by atoms with Gasteiger partial charge in [-0.25, -0.2) is 4.98 Å². The molecule has 0 aliphatic heterocycles. The van der Waals surface area contributed by atoms with Gasteiger partial charge in [0.15, 0.2) is 5.13 Å². The SMILES string of the molecule is COC(=O)CCC(=O)Nc1nc(-c2ccccc2)c(CC(=O)O)s1. The van der Waals surface area contributed by atoms with E-state index in [0.717, 1.165) is 16.9 Å². The molecule has 1 heterocycles. The van der Waals surface area contributed by atoms with Crippen molar-refractivity contribution in [3.05, 3.63) is 35.2 Å². The van der Waals surface area contributed by atoms with Gasteiger partial charge in [-0.05, 0) is 0 Å². The summed E-state index contributed by atoms with van der Waals surface area (Å²) in [6.07, 6.45) is -0.234. The van der Waals surface area contributed by atoms with Crippen molar-refractivity contribution >= 4 is 34.3 Å². The highest BCUT2D eigenvalue weighted by Gasteiger charge is 2.17. The molecular formula is C16H16N2O5S. The molecule has 1 amide bonds. The normalized spacial score (nSPS) is 10.2. The van der Waals surface area contributed by atoms with E-state index in [2.05, 4.69) is 15.0 Å². The summed E-state index contributed by atoms with van der Waals surface area (Å²) < 4.78 is 4.48. The summed E-state index contributed by atoms with van der Waals surface area (Å²) in [5.74, 6) is -1.82. The lowest BCUT2D eigenvalue weighted by Crippen LogP contribution is -2.13. The molecule has 0 atom stereocenters. The van der Waals surface area contributed by atoms with Crippen molar-refractivity contribution in [2.75, 3.05) is 12.4 Å². The highest BCUT2D eigenvalue weighted by molar-refractivity contribution is 7.16. The van der Waals surface area contributed by atoms with E-state index < -0.39 is 11.9 Å². The molecule has 2 N–H and O–H groups in total. The minimum atomic E-state index is -0.973. The number of benzene rings is 1. The van der Waals surface area contributed by atoms with Crippen LogP contribution in [0.1, 0.15) is 17.7 Å². The van der Waals surface area contributed by atoms with Crippen molar-refractivity contribution in [3.63, 3.8) is 0 Å². The molecule has 0 aliphatic carbocycles. The van der Waals surface area contributed by atoms with Crippen LogP contribution in [0, 0.1) is 0 Å². The second kappa shape index (κ2) is 8.21. The Labute approximate surface area is 142 Å². The van der Waals surface area contributed by atoms with Crippen molar-refractivity contribution in [3.8, 4) is 11.3 Å². The molecule has 0 spiro atoms. The van der Waals surface area contributed by atoms with Gasteiger partial charge < -0.3 is 15.2 Å². The van der Waals surface area contributed by atoms with Gasteiger partial charge in [0.25, 0.3) is 0 Å². The predicted octanol–water partition coefficient (Wildman–Crippen LogP) is 2.33. The molecule has 0 unspecified atom stereocenters. The number of hydrogen-bond donors (Lipinski definition) is 2.